The minimum atomic E-state index is -0.172. The summed E-state index contributed by atoms with van der Waals surface area (Å²) < 4.78 is 0. The molecule has 0 saturated heterocycles. The van der Waals surface area contributed by atoms with Crippen LogP contribution < -0.4 is 0 Å². The molecular weight excluding hydrogens is 220 g/mol. The number of rotatable bonds is 7. The monoisotopic (exact) mass is 246 g/mol. The summed E-state index contributed by atoms with van der Waals surface area (Å²) in [5, 5.41) is -0.172. The van der Waals surface area contributed by atoms with Crippen LogP contribution in [-0.4, -0.2) is 54.7 Å². The summed E-state index contributed by atoms with van der Waals surface area (Å²) in [4.78, 5) is 16.1. The zero-order valence-electron chi connectivity index (χ0n) is 11.2. The number of hydrogen-bond acceptors (Lipinski definition) is 3. The van der Waals surface area contributed by atoms with Crippen molar-refractivity contribution in [2.45, 2.75) is 32.4 Å². The van der Waals surface area contributed by atoms with Crippen molar-refractivity contribution in [1.29, 1.82) is 0 Å². The van der Waals surface area contributed by atoms with E-state index in [-0.39, 0.29) is 17.1 Å². The van der Waals surface area contributed by atoms with E-state index in [0.29, 0.717) is 0 Å². The van der Waals surface area contributed by atoms with E-state index in [1.165, 1.54) is 0 Å². The Balaban J connectivity index is 4.33. The van der Waals surface area contributed by atoms with Crippen LogP contribution in [0.15, 0.2) is 0 Å². The Bertz CT molecular complexity index is 207. The van der Waals surface area contributed by atoms with Crippen LogP contribution in [0.25, 0.3) is 0 Å². The quantitative estimate of drug-likeness (QED) is 0.692. The molecule has 96 valence electrons. The largest absolute Gasteiger partial charge is 0.340 e. The lowest BCUT2D eigenvalue weighted by molar-refractivity contribution is -0.131. The van der Waals surface area contributed by atoms with Crippen LogP contribution in [0.4, 0.5) is 0 Å². The molecule has 4 heteroatoms. The summed E-state index contributed by atoms with van der Waals surface area (Å²) in [6, 6.07) is 0. The van der Waals surface area contributed by atoms with Crippen LogP contribution in [0, 0.1) is 5.92 Å². The zero-order valence-corrected chi connectivity index (χ0v) is 12.1. The third kappa shape index (κ3) is 5.75. The zero-order chi connectivity index (χ0) is 12.7. The highest BCUT2D eigenvalue weighted by Gasteiger charge is 2.23. The molecule has 0 aromatic rings. The molecular formula is C12H26N2OS. The summed E-state index contributed by atoms with van der Waals surface area (Å²) in [6.07, 6.45) is 0.998. The third-order valence-corrected chi connectivity index (χ3v) is 3.32. The molecule has 16 heavy (non-hydrogen) atoms. The first kappa shape index (κ1) is 15.8. The Labute approximate surface area is 106 Å². The van der Waals surface area contributed by atoms with Crippen molar-refractivity contribution in [3.05, 3.63) is 0 Å². The lowest BCUT2D eigenvalue weighted by atomic mass is 10.1. The van der Waals surface area contributed by atoms with Gasteiger partial charge >= 0.3 is 0 Å². The van der Waals surface area contributed by atoms with Gasteiger partial charge in [0.05, 0.1) is 5.25 Å². The summed E-state index contributed by atoms with van der Waals surface area (Å²) in [6.45, 7) is 8.69. The van der Waals surface area contributed by atoms with Crippen LogP contribution in [0.5, 0.6) is 0 Å². The molecule has 0 aromatic carbocycles. The van der Waals surface area contributed by atoms with E-state index in [1.807, 2.05) is 32.8 Å². The number of hydrogen-bond donors (Lipinski definition) is 1. The van der Waals surface area contributed by atoms with Crippen LogP contribution >= 0.6 is 12.6 Å². The fraction of sp³-hybridized carbons (Fsp3) is 0.917. The van der Waals surface area contributed by atoms with Crippen molar-refractivity contribution in [2.24, 2.45) is 5.92 Å². The molecule has 0 heterocycles. The fourth-order valence-corrected chi connectivity index (χ4v) is 1.56. The average Bonchev–Trinajstić information content (AvgIpc) is 2.21. The van der Waals surface area contributed by atoms with Gasteiger partial charge in [0.1, 0.15) is 0 Å². The molecule has 0 N–H and O–H groups in total. The molecule has 0 aromatic heterocycles. The van der Waals surface area contributed by atoms with Crippen LogP contribution in [-0.2, 0) is 4.79 Å². The molecule has 0 aliphatic carbocycles. The van der Waals surface area contributed by atoms with Gasteiger partial charge in [-0.3, -0.25) is 4.79 Å². The molecule has 0 fully saturated rings. The minimum absolute atomic E-state index is 0.169. The summed E-state index contributed by atoms with van der Waals surface area (Å²) in [5.74, 6) is 0.455. The lowest BCUT2D eigenvalue weighted by Crippen LogP contribution is -2.42. The first-order valence-corrected chi connectivity index (χ1v) is 6.53. The van der Waals surface area contributed by atoms with E-state index < -0.39 is 0 Å². The number of carbonyl (C=O) groups excluding carboxylic acids is 1. The molecule has 0 aliphatic heterocycles. The van der Waals surface area contributed by atoms with Crippen LogP contribution in [0.3, 0.4) is 0 Å². The standard InChI is InChI=1S/C12H26N2OS/c1-6-7-14(9-8-13(4)5)12(15)11(16)10(2)3/h10-11,16H,6-9H2,1-5H3. The van der Waals surface area contributed by atoms with Crippen molar-refractivity contribution < 1.29 is 4.79 Å². The summed E-state index contributed by atoms with van der Waals surface area (Å²) in [7, 11) is 4.05. The number of carbonyl (C=O) groups is 1. The average molecular weight is 246 g/mol. The van der Waals surface area contributed by atoms with Gasteiger partial charge in [-0.05, 0) is 26.4 Å². The number of nitrogens with zero attached hydrogens (tertiary/aromatic N) is 2. The van der Waals surface area contributed by atoms with Gasteiger partial charge in [0.25, 0.3) is 0 Å². The molecule has 0 spiro atoms. The Hall–Kier alpha value is -0.220. The van der Waals surface area contributed by atoms with Crippen molar-refractivity contribution in [3.8, 4) is 0 Å². The molecule has 1 amide bonds. The predicted molar refractivity (Wildman–Crippen MR) is 73.0 cm³/mol. The van der Waals surface area contributed by atoms with Crippen molar-refractivity contribution in [3.63, 3.8) is 0 Å². The maximum Gasteiger partial charge on any atom is 0.235 e. The van der Waals surface area contributed by atoms with E-state index in [0.717, 1.165) is 26.1 Å². The molecule has 0 bridgehead atoms. The van der Waals surface area contributed by atoms with Gasteiger partial charge in [-0.1, -0.05) is 20.8 Å². The number of thiol groups is 1. The van der Waals surface area contributed by atoms with E-state index in [4.69, 9.17) is 0 Å². The van der Waals surface area contributed by atoms with Gasteiger partial charge in [-0.25, -0.2) is 0 Å². The van der Waals surface area contributed by atoms with Gasteiger partial charge in [0, 0.05) is 19.6 Å². The Morgan fingerprint density at radius 2 is 1.75 bits per heavy atom. The second-order valence-corrected chi connectivity index (χ2v) is 5.37. The number of amides is 1. The van der Waals surface area contributed by atoms with E-state index in [9.17, 15) is 4.79 Å². The van der Waals surface area contributed by atoms with Gasteiger partial charge in [0.2, 0.25) is 5.91 Å². The second kappa shape index (κ2) is 7.96. The molecule has 3 nitrogen and oxygen atoms in total. The first-order chi connectivity index (χ1) is 7.40. The highest BCUT2D eigenvalue weighted by atomic mass is 32.1. The summed E-state index contributed by atoms with van der Waals surface area (Å²) >= 11 is 4.39. The highest BCUT2D eigenvalue weighted by molar-refractivity contribution is 7.81. The molecule has 0 aliphatic rings. The third-order valence-electron chi connectivity index (χ3n) is 2.51. The van der Waals surface area contributed by atoms with Gasteiger partial charge < -0.3 is 9.80 Å². The Morgan fingerprint density at radius 3 is 2.12 bits per heavy atom. The molecule has 0 saturated carbocycles. The maximum absolute atomic E-state index is 12.1. The molecule has 1 unspecified atom stereocenters. The lowest BCUT2D eigenvalue weighted by Gasteiger charge is -2.27. The Kier molecular flexibility index (Phi) is 7.85. The SMILES string of the molecule is CCCN(CCN(C)C)C(=O)C(S)C(C)C. The van der Waals surface area contributed by atoms with Crippen molar-refractivity contribution >= 4 is 18.5 Å². The van der Waals surface area contributed by atoms with E-state index in [1.54, 1.807) is 0 Å². The van der Waals surface area contributed by atoms with Crippen LogP contribution in [0.2, 0.25) is 0 Å². The van der Waals surface area contributed by atoms with E-state index >= 15 is 0 Å². The van der Waals surface area contributed by atoms with Gasteiger partial charge in [0.15, 0.2) is 0 Å². The normalized spacial score (nSPS) is 13.2. The highest BCUT2D eigenvalue weighted by Crippen LogP contribution is 2.12. The smallest absolute Gasteiger partial charge is 0.235 e. The molecule has 0 radical (unpaired) electrons. The van der Waals surface area contributed by atoms with Crippen molar-refractivity contribution in [1.82, 2.24) is 9.80 Å². The minimum Gasteiger partial charge on any atom is -0.340 e. The first-order valence-electron chi connectivity index (χ1n) is 6.01. The van der Waals surface area contributed by atoms with Crippen molar-refractivity contribution in [2.75, 3.05) is 33.7 Å². The number of likely N-dealkylation sites (N-methyl/N-ethyl adjacent to an activating group) is 1. The summed E-state index contributed by atoms with van der Waals surface area (Å²) in [5.41, 5.74) is 0. The maximum atomic E-state index is 12.1. The fourth-order valence-electron chi connectivity index (χ4n) is 1.40. The predicted octanol–water partition coefficient (Wildman–Crippen LogP) is 1.74. The van der Waals surface area contributed by atoms with E-state index in [2.05, 4.69) is 24.5 Å². The topological polar surface area (TPSA) is 23.6 Å². The van der Waals surface area contributed by atoms with Gasteiger partial charge in [-0.2, -0.15) is 12.6 Å². The second-order valence-electron chi connectivity index (χ2n) is 4.82. The Morgan fingerprint density at radius 1 is 1.19 bits per heavy atom. The van der Waals surface area contributed by atoms with Crippen LogP contribution in [0.1, 0.15) is 27.2 Å². The van der Waals surface area contributed by atoms with Gasteiger partial charge in [-0.15, -0.1) is 0 Å². The molecule has 1 atom stereocenters. The molecule has 0 rings (SSSR count).